The molecule has 1 fully saturated rings. The molecule has 5 aromatic rings. The molecular weight excluding hydrogens is 547 g/mol. The van der Waals surface area contributed by atoms with Crippen molar-refractivity contribution in [2.45, 2.75) is 28.9 Å². The Bertz CT molecular complexity index is 1900. The molecule has 0 spiro atoms. The molecule has 1 saturated heterocycles. The van der Waals surface area contributed by atoms with Gasteiger partial charge in [-0.1, -0.05) is 40.7 Å². The van der Waals surface area contributed by atoms with Crippen LogP contribution in [0.5, 0.6) is 5.75 Å². The van der Waals surface area contributed by atoms with E-state index in [2.05, 4.69) is 27.0 Å². The SMILES string of the molecule is [B]C([B])([B])c1nnn(C)c1-c1cnc2c3c(OC)cc(S(C)(=O)=O)cc3n([C@H](c3ccccc3)C3CCOCC3)c2c1. The van der Waals surface area contributed by atoms with Crippen LogP contribution >= 0.6 is 0 Å². The van der Waals surface area contributed by atoms with Gasteiger partial charge < -0.3 is 14.0 Å². The molecule has 42 heavy (non-hydrogen) atoms. The van der Waals surface area contributed by atoms with Gasteiger partial charge in [-0.15, -0.1) is 5.10 Å². The molecule has 9 nitrogen and oxygen atoms in total. The molecule has 0 bridgehead atoms. The number of rotatable bonds is 7. The van der Waals surface area contributed by atoms with Gasteiger partial charge in [-0.3, -0.25) is 4.98 Å². The molecule has 0 amide bonds. The quantitative estimate of drug-likeness (QED) is 0.275. The van der Waals surface area contributed by atoms with Crippen molar-refractivity contribution in [3.8, 4) is 17.0 Å². The van der Waals surface area contributed by atoms with Crippen LogP contribution in [0.1, 0.15) is 30.1 Å². The highest BCUT2D eigenvalue weighted by atomic mass is 32.2. The largest absolute Gasteiger partial charge is 0.496 e. The van der Waals surface area contributed by atoms with Crippen LogP contribution in [0.2, 0.25) is 0 Å². The maximum atomic E-state index is 12.8. The first-order valence-electron chi connectivity index (χ1n) is 13.6. The molecule has 1 aliphatic rings. The number of nitrogens with zero attached hydrogens (tertiary/aromatic N) is 5. The van der Waals surface area contributed by atoms with Crippen molar-refractivity contribution < 1.29 is 17.9 Å². The van der Waals surface area contributed by atoms with Gasteiger partial charge in [0, 0.05) is 38.3 Å². The van der Waals surface area contributed by atoms with E-state index in [0.29, 0.717) is 46.6 Å². The Morgan fingerprint density at radius 2 is 1.79 bits per heavy atom. The van der Waals surface area contributed by atoms with Gasteiger partial charge >= 0.3 is 0 Å². The summed E-state index contributed by atoms with van der Waals surface area (Å²) in [5.74, 6) is 0.624. The number of benzene rings is 2. The fourth-order valence-electron chi connectivity index (χ4n) is 6.05. The highest BCUT2D eigenvalue weighted by molar-refractivity contribution is 7.90. The zero-order valence-electron chi connectivity index (χ0n) is 23.7. The molecule has 6 radical (unpaired) electrons. The molecular formula is C29H28B3N5O4S. The Morgan fingerprint density at radius 1 is 1.07 bits per heavy atom. The van der Waals surface area contributed by atoms with Gasteiger partial charge in [-0.05, 0) is 42.5 Å². The summed E-state index contributed by atoms with van der Waals surface area (Å²) in [7, 11) is 17.9. The minimum atomic E-state index is -3.56. The molecule has 13 heteroatoms. The first-order valence-corrected chi connectivity index (χ1v) is 15.5. The third-order valence-electron chi connectivity index (χ3n) is 7.97. The average molecular weight is 575 g/mol. The minimum absolute atomic E-state index is 0.159. The van der Waals surface area contributed by atoms with E-state index in [1.165, 1.54) is 13.4 Å². The van der Waals surface area contributed by atoms with Crippen LogP contribution in [0.3, 0.4) is 0 Å². The Morgan fingerprint density at radius 3 is 2.43 bits per heavy atom. The number of hydrogen-bond acceptors (Lipinski definition) is 7. The molecule has 0 aliphatic carbocycles. The normalized spacial score (nSPS) is 15.8. The zero-order chi connectivity index (χ0) is 29.8. The van der Waals surface area contributed by atoms with E-state index >= 15 is 0 Å². The number of ether oxygens (including phenoxy) is 2. The third-order valence-corrected chi connectivity index (χ3v) is 9.06. The minimum Gasteiger partial charge on any atom is -0.496 e. The van der Waals surface area contributed by atoms with Crippen molar-refractivity contribution in [3.63, 3.8) is 0 Å². The van der Waals surface area contributed by atoms with Gasteiger partial charge in [-0.2, -0.15) is 0 Å². The van der Waals surface area contributed by atoms with Crippen molar-refractivity contribution in [2.24, 2.45) is 13.0 Å². The lowest BCUT2D eigenvalue weighted by atomic mass is 9.41. The lowest BCUT2D eigenvalue weighted by Crippen LogP contribution is -2.28. The summed E-state index contributed by atoms with van der Waals surface area (Å²) < 4.78 is 41.0. The second-order valence-electron chi connectivity index (χ2n) is 10.9. The van der Waals surface area contributed by atoms with Gasteiger partial charge in [0.1, 0.15) is 5.75 Å². The third kappa shape index (κ3) is 4.92. The average Bonchev–Trinajstić information content (AvgIpc) is 3.51. The molecule has 1 aliphatic heterocycles. The molecule has 2 aromatic carbocycles. The molecule has 6 rings (SSSR count). The fourth-order valence-corrected chi connectivity index (χ4v) is 6.70. The van der Waals surface area contributed by atoms with Crippen molar-refractivity contribution >= 4 is 55.3 Å². The van der Waals surface area contributed by atoms with Crippen LogP contribution in [-0.4, -0.2) is 83.1 Å². The van der Waals surface area contributed by atoms with E-state index in [9.17, 15) is 8.42 Å². The molecule has 0 N–H and O–H groups in total. The molecule has 208 valence electrons. The van der Waals surface area contributed by atoms with Gasteiger partial charge in [0.05, 0.1) is 74.9 Å². The number of hydrogen-bond donors (Lipinski definition) is 0. The molecule has 1 atom stereocenters. The molecule has 3 aromatic heterocycles. The van der Waals surface area contributed by atoms with Gasteiger partial charge in [0.2, 0.25) is 0 Å². The van der Waals surface area contributed by atoms with Gasteiger partial charge in [-0.25, -0.2) is 13.1 Å². The summed E-state index contributed by atoms with van der Waals surface area (Å²) in [5.41, 5.74) is 4.62. The van der Waals surface area contributed by atoms with E-state index in [-0.39, 0.29) is 22.5 Å². The standard InChI is InChI=1S/C29H28B3N5O4S/c1-36-27(28(34-35-36)29(30,31)32)19-13-22-25(33-16-19)24-21(14-20(42(3,38)39)15-23(24)40-2)37(22)26(17-7-5-4-6-8-17)18-9-11-41-12-10-18/h4-8,13-16,18,26H,9-12H2,1-3H3/t26-/m1/s1. The van der Waals surface area contributed by atoms with Crippen molar-refractivity contribution in [1.82, 2.24) is 24.5 Å². The maximum absolute atomic E-state index is 12.8. The monoisotopic (exact) mass is 575 g/mol. The Kier molecular flexibility index (Phi) is 7.21. The summed E-state index contributed by atoms with van der Waals surface area (Å²) in [6.07, 6.45) is 4.56. The number of pyridine rings is 1. The Balaban J connectivity index is 1.75. The van der Waals surface area contributed by atoms with Gasteiger partial charge in [0.25, 0.3) is 0 Å². The maximum Gasteiger partial charge on any atom is 0.175 e. The summed E-state index contributed by atoms with van der Waals surface area (Å²) in [4.78, 5) is 5.07. The predicted molar refractivity (Wildman–Crippen MR) is 164 cm³/mol. The Labute approximate surface area is 248 Å². The lowest BCUT2D eigenvalue weighted by molar-refractivity contribution is 0.0553. The topological polar surface area (TPSA) is 101 Å². The predicted octanol–water partition coefficient (Wildman–Crippen LogP) is 3.03. The first-order chi connectivity index (χ1) is 20.0. The van der Waals surface area contributed by atoms with Crippen molar-refractivity contribution in [3.05, 3.63) is 66.0 Å². The first kappa shape index (κ1) is 28.5. The summed E-state index contributed by atoms with van der Waals surface area (Å²) >= 11 is 0. The molecule has 4 heterocycles. The summed E-state index contributed by atoms with van der Waals surface area (Å²) in [5, 5.41) is 7.24. The van der Waals surface area contributed by atoms with Crippen LogP contribution in [0.15, 0.2) is 59.6 Å². The molecule has 0 saturated carbocycles. The zero-order valence-corrected chi connectivity index (χ0v) is 24.5. The van der Waals surface area contributed by atoms with Crippen molar-refractivity contribution in [1.29, 1.82) is 0 Å². The van der Waals surface area contributed by atoms with E-state index in [1.54, 1.807) is 30.1 Å². The van der Waals surface area contributed by atoms with Gasteiger partial charge in [0.15, 0.2) is 9.84 Å². The summed E-state index contributed by atoms with van der Waals surface area (Å²) in [6, 6.07) is 15.3. The van der Waals surface area contributed by atoms with Crippen LogP contribution < -0.4 is 4.74 Å². The van der Waals surface area contributed by atoms with Crippen LogP contribution in [-0.2, 0) is 26.7 Å². The van der Waals surface area contributed by atoms with Crippen LogP contribution in [0.25, 0.3) is 33.2 Å². The highest BCUT2D eigenvalue weighted by Gasteiger charge is 2.32. The van der Waals surface area contributed by atoms with Crippen LogP contribution in [0, 0.1) is 5.92 Å². The fraction of sp³-hybridized carbons (Fsp3) is 0.345. The second kappa shape index (κ2) is 10.6. The lowest BCUT2D eigenvalue weighted by Gasteiger charge is -2.33. The molecule has 0 unspecified atom stereocenters. The number of fused-ring (bicyclic) bond motifs is 3. The Hall–Kier alpha value is -3.57. The second-order valence-corrected chi connectivity index (χ2v) is 12.9. The summed E-state index contributed by atoms with van der Waals surface area (Å²) in [6.45, 7) is 1.28. The number of aromatic nitrogens is 5. The number of aryl methyl sites for hydroxylation is 1. The highest BCUT2D eigenvalue weighted by Crippen LogP contribution is 2.44. The van der Waals surface area contributed by atoms with E-state index in [0.717, 1.165) is 23.9 Å². The van der Waals surface area contributed by atoms with E-state index < -0.39 is 15.0 Å². The number of sulfone groups is 1. The van der Waals surface area contributed by atoms with E-state index in [1.807, 2.05) is 24.3 Å². The van der Waals surface area contributed by atoms with Crippen LogP contribution in [0.4, 0.5) is 0 Å². The van der Waals surface area contributed by atoms with E-state index in [4.69, 9.17) is 38.0 Å². The number of methoxy groups -OCH3 is 1. The smallest absolute Gasteiger partial charge is 0.175 e. The van der Waals surface area contributed by atoms with Crippen molar-refractivity contribution in [2.75, 3.05) is 26.6 Å².